The van der Waals surface area contributed by atoms with E-state index in [4.69, 9.17) is 11.6 Å². The average molecular weight is 425 g/mol. The number of sulfone groups is 1. The van der Waals surface area contributed by atoms with E-state index in [1.165, 1.54) is 19.1 Å². The largest absolute Gasteiger partial charge is 0.325 e. The molecule has 9 heteroatoms. The molecule has 1 heterocycles. The molecule has 0 radical (unpaired) electrons. The first-order chi connectivity index (χ1) is 13.2. The molecule has 1 aliphatic heterocycles. The fourth-order valence-electron chi connectivity index (χ4n) is 3.05. The van der Waals surface area contributed by atoms with Crippen LogP contribution in [0.4, 0.5) is 15.8 Å². The molecule has 0 saturated carbocycles. The zero-order valence-corrected chi connectivity index (χ0v) is 16.6. The number of hydrogen-bond donors (Lipinski definition) is 1. The number of carbonyl (C=O) groups excluding carboxylic acids is 2. The van der Waals surface area contributed by atoms with Crippen molar-refractivity contribution >= 4 is 44.6 Å². The normalized spacial score (nSPS) is 13.3. The maximum Gasteiger partial charge on any atom is 0.225 e. The molecule has 0 aromatic heterocycles. The van der Waals surface area contributed by atoms with Crippen molar-refractivity contribution in [3.8, 4) is 0 Å². The third-order valence-electron chi connectivity index (χ3n) is 4.49. The van der Waals surface area contributed by atoms with Crippen LogP contribution < -0.4 is 10.2 Å². The van der Waals surface area contributed by atoms with E-state index in [1.807, 2.05) is 0 Å². The summed E-state index contributed by atoms with van der Waals surface area (Å²) in [6, 6.07) is 8.14. The lowest BCUT2D eigenvalue weighted by Crippen LogP contribution is -2.25. The SMILES string of the molecule is CC(=O)N1CCc2cc(S(=O)(=O)CCC(=O)Nc3ccc(F)cc3Cl)ccc21. The zero-order valence-electron chi connectivity index (χ0n) is 15.0. The highest BCUT2D eigenvalue weighted by atomic mass is 35.5. The van der Waals surface area contributed by atoms with Crippen LogP contribution in [0, 0.1) is 5.82 Å². The van der Waals surface area contributed by atoms with Gasteiger partial charge in [-0.15, -0.1) is 0 Å². The number of anilines is 2. The molecule has 3 rings (SSSR count). The lowest BCUT2D eigenvalue weighted by molar-refractivity contribution is -0.117. The summed E-state index contributed by atoms with van der Waals surface area (Å²) < 4.78 is 38.2. The lowest BCUT2D eigenvalue weighted by Gasteiger charge is -2.15. The van der Waals surface area contributed by atoms with E-state index in [0.29, 0.717) is 13.0 Å². The molecule has 0 saturated heterocycles. The summed E-state index contributed by atoms with van der Waals surface area (Å²) in [7, 11) is -3.68. The zero-order chi connectivity index (χ0) is 20.5. The minimum Gasteiger partial charge on any atom is -0.325 e. The smallest absolute Gasteiger partial charge is 0.225 e. The molecule has 28 heavy (non-hydrogen) atoms. The topological polar surface area (TPSA) is 83.6 Å². The summed E-state index contributed by atoms with van der Waals surface area (Å²) in [6.45, 7) is 1.99. The number of nitrogens with zero attached hydrogens (tertiary/aromatic N) is 1. The first-order valence-corrected chi connectivity index (χ1v) is 10.6. The van der Waals surface area contributed by atoms with Crippen LogP contribution in [0.3, 0.4) is 0 Å². The van der Waals surface area contributed by atoms with Crippen LogP contribution >= 0.6 is 11.6 Å². The van der Waals surface area contributed by atoms with Crippen molar-refractivity contribution in [1.82, 2.24) is 0 Å². The molecule has 0 bridgehead atoms. The molecule has 148 valence electrons. The predicted molar refractivity (Wildman–Crippen MR) is 105 cm³/mol. The highest BCUT2D eigenvalue weighted by Crippen LogP contribution is 2.30. The summed E-state index contributed by atoms with van der Waals surface area (Å²) in [6.07, 6.45) is 0.314. The number of nitrogens with one attached hydrogen (secondary N) is 1. The molecule has 2 aromatic rings. The fourth-order valence-corrected chi connectivity index (χ4v) is 4.55. The van der Waals surface area contributed by atoms with Gasteiger partial charge in [-0.1, -0.05) is 11.6 Å². The Hall–Kier alpha value is -2.45. The summed E-state index contributed by atoms with van der Waals surface area (Å²) >= 11 is 5.85. The maximum absolute atomic E-state index is 13.0. The molecule has 1 aliphatic rings. The van der Waals surface area contributed by atoms with E-state index in [1.54, 1.807) is 17.0 Å². The van der Waals surface area contributed by atoms with Crippen LogP contribution in [0.5, 0.6) is 0 Å². The van der Waals surface area contributed by atoms with Gasteiger partial charge in [-0.25, -0.2) is 12.8 Å². The van der Waals surface area contributed by atoms with E-state index in [2.05, 4.69) is 5.32 Å². The number of fused-ring (bicyclic) bond motifs is 1. The summed E-state index contributed by atoms with van der Waals surface area (Å²) in [4.78, 5) is 25.4. The van der Waals surface area contributed by atoms with Gasteiger partial charge in [0.05, 0.1) is 21.4 Å². The number of amides is 2. The van der Waals surface area contributed by atoms with Gasteiger partial charge in [0.15, 0.2) is 9.84 Å². The molecular formula is C19H18ClFN2O4S. The molecule has 2 amide bonds. The Bertz CT molecular complexity index is 1060. The van der Waals surface area contributed by atoms with Crippen molar-refractivity contribution in [2.75, 3.05) is 22.5 Å². The number of hydrogen-bond acceptors (Lipinski definition) is 4. The highest BCUT2D eigenvalue weighted by molar-refractivity contribution is 7.91. The summed E-state index contributed by atoms with van der Waals surface area (Å²) in [5, 5.41) is 2.51. The van der Waals surface area contributed by atoms with Gasteiger partial charge in [-0.05, 0) is 48.4 Å². The molecule has 0 unspecified atom stereocenters. The van der Waals surface area contributed by atoms with Crippen molar-refractivity contribution in [2.24, 2.45) is 0 Å². The predicted octanol–water partition coefficient (Wildman–Crippen LogP) is 3.19. The number of benzene rings is 2. The molecular weight excluding hydrogens is 407 g/mol. The summed E-state index contributed by atoms with van der Waals surface area (Å²) in [5.74, 6) is -1.55. The van der Waals surface area contributed by atoms with Gasteiger partial charge >= 0.3 is 0 Å². The first-order valence-electron chi connectivity index (χ1n) is 8.56. The fraction of sp³-hybridized carbons (Fsp3) is 0.263. The van der Waals surface area contributed by atoms with Gasteiger partial charge < -0.3 is 10.2 Å². The van der Waals surface area contributed by atoms with Gasteiger partial charge in [0.2, 0.25) is 11.8 Å². The number of rotatable bonds is 5. The van der Waals surface area contributed by atoms with E-state index < -0.39 is 21.6 Å². The van der Waals surface area contributed by atoms with Crippen LogP contribution in [0.15, 0.2) is 41.3 Å². The highest BCUT2D eigenvalue weighted by Gasteiger charge is 2.25. The molecule has 0 atom stereocenters. The molecule has 0 aliphatic carbocycles. The Labute approximate surface area is 167 Å². The van der Waals surface area contributed by atoms with Crippen LogP contribution in [0.1, 0.15) is 18.9 Å². The van der Waals surface area contributed by atoms with Crippen LogP contribution in [0.2, 0.25) is 5.02 Å². The molecule has 2 aromatic carbocycles. The molecule has 6 nitrogen and oxygen atoms in total. The van der Waals surface area contributed by atoms with Crippen molar-refractivity contribution in [2.45, 2.75) is 24.7 Å². The van der Waals surface area contributed by atoms with Crippen LogP contribution in [0.25, 0.3) is 0 Å². The Morgan fingerprint density at radius 2 is 1.96 bits per heavy atom. The van der Waals surface area contributed by atoms with Crippen molar-refractivity contribution in [1.29, 1.82) is 0 Å². The quantitative estimate of drug-likeness (QED) is 0.798. The van der Waals surface area contributed by atoms with Crippen molar-refractivity contribution in [3.05, 3.63) is 52.8 Å². The van der Waals surface area contributed by atoms with E-state index in [9.17, 15) is 22.4 Å². The third-order valence-corrected chi connectivity index (χ3v) is 6.52. The minimum atomic E-state index is -3.68. The van der Waals surface area contributed by atoms with Gasteiger partial charge in [-0.3, -0.25) is 9.59 Å². The van der Waals surface area contributed by atoms with E-state index >= 15 is 0 Å². The Kier molecular flexibility index (Phi) is 5.71. The van der Waals surface area contributed by atoms with Gasteiger partial charge in [0.25, 0.3) is 0 Å². The molecule has 1 N–H and O–H groups in total. The third kappa shape index (κ3) is 4.34. The molecule has 0 spiro atoms. The second-order valence-corrected chi connectivity index (χ2v) is 8.97. The van der Waals surface area contributed by atoms with Gasteiger partial charge in [0.1, 0.15) is 5.82 Å². The molecule has 0 fully saturated rings. The summed E-state index contributed by atoms with van der Waals surface area (Å²) in [5.41, 5.74) is 1.72. The van der Waals surface area contributed by atoms with Crippen LogP contribution in [-0.2, 0) is 25.8 Å². The number of halogens is 2. The van der Waals surface area contributed by atoms with Gasteiger partial charge in [0, 0.05) is 25.6 Å². The van der Waals surface area contributed by atoms with Crippen molar-refractivity contribution in [3.63, 3.8) is 0 Å². The van der Waals surface area contributed by atoms with E-state index in [0.717, 1.165) is 23.4 Å². The average Bonchev–Trinajstić information content (AvgIpc) is 3.06. The Balaban J connectivity index is 1.67. The number of carbonyl (C=O) groups is 2. The van der Waals surface area contributed by atoms with Gasteiger partial charge in [-0.2, -0.15) is 0 Å². The lowest BCUT2D eigenvalue weighted by atomic mass is 10.2. The maximum atomic E-state index is 13.0. The second kappa shape index (κ2) is 7.89. The van der Waals surface area contributed by atoms with Crippen LogP contribution in [-0.4, -0.2) is 32.5 Å². The second-order valence-electron chi connectivity index (χ2n) is 6.45. The minimum absolute atomic E-state index is 0.0323. The monoisotopic (exact) mass is 424 g/mol. The first kappa shape index (κ1) is 20.3. The Morgan fingerprint density at radius 3 is 2.64 bits per heavy atom. The standard InChI is InChI=1S/C19H18ClFN2O4S/c1-12(24)23-8-6-13-10-15(3-5-18(13)23)28(26,27)9-7-19(25)22-17-4-2-14(21)11-16(17)20/h2-5,10-11H,6-9H2,1H3,(H,22,25). The van der Waals surface area contributed by atoms with E-state index in [-0.39, 0.29) is 33.7 Å². The van der Waals surface area contributed by atoms with Crippen molar-refractivity contribution < 1.29 is 22.4 Å². The Morgan fingerprint density at radius 1 is 1.21 bits per heavy atom.